The number of rotatable bonds is 3. The quantitative estimate of drug-likeness (QED) is 0.796. The molecule has 0 radical (unpaired) electrons. The zero-order valence-corrected chi connectivity index (χ0v) is 7.97. The van der Waals surface area contributed by atoms with Gasteiger partial charge in [-0.15, -0.1) is 0 Å². The minimum atomic E-state index is -0.942. The molecular weight excluding hydrogens is 192 g/mol. The summed E-state index contributed by atoms with van der Waals surface area (Å²) in [6, 6.07) is 8.98. The van der Waals surface area contributed by atoms with Gasteiger partial charge in [-0.2, -0.15) is 0 Å². The van der Waals surface area contributed by atoms with Crippen molar-refractivity contribution in [3.05, 3.63) is 53.6 Å². The normalized spacial score (nSPS) is 10.1. The van der Waals surface area contributed by atoms with Crippen LogP contribution in [0.25, 0.3) is 0 Å². The maximum Gasteiger partial charge on any atom is 0.352 e. The molecule has 0 fully saturated rings. The molecule has 15 heavy (non-hydrogen) atoms. The number of nitrogens with zero attached hydrogens (tertiary/aromatic N) is 1. The summed E-state index contributed by atoms with van der Waals surface area (Å²) in [5.41, 5.74) is 1.98. The van der Waals surface area contributed by atoms with Crippen molar-refractivity contribution >= 4 is 5.97 Å². The highest BCUT2D eigenvalue weighted by molar-refractivity contribution is 5.85. The molecule has 0 spiro atoms. The summed E-state index contributed by atoms with van der Waals surface area (Å²) < 4.78 is 0. The summed E-state index contributed by atoms with van der Waals surface area (Å²) in [5.74, 6) is -0.942. The number of carboxylic acids is 1. The molecule has 2 rings (SSSR count). The van der Waals surface area contributed by atoms with E-state index < -0.39 is 5.97 Å². The van der Waals surface area contributed by atoms with Gasteiger partial charge in [-0.05, 0) is 24.3 Å². The molecule has 2 aromatic rings. The van der Waals surface area contributed by atoms with E-state index in [-0.39, 0.29) is 5.69 Å². The van der Waals surface area contributed by atoms with E-state index in [4.69, 9.17) is 5.11 Å². The largest absolute Gasteiger partial charge is 0.477 e. The number of carboxylic acid groups (broad SMARTS) is 1. The van der Waals surface area contributed by atoms with Gasteiger partial charge in [0.15, 0.2) is 0 Å². The molecule has 2 heterocycles. The average Bonchev–Trinajstić information content (AvgIpc) is 2.68. The van der Waals surface area contributed by atoms with Gasteiger partial charge in [0.05, 0.1) is 0 Å². The number of carbonyl (C=O) groups is 1. The molecule has 2 aromatic heterocycles. The van der Waals surface area contributed by atoms with Gasteiger partial charge < -0.3 is 10.1 Å². The molecule has 0 aliphatic carbocycles. The molecule has 0 atom stereocenters. The molecule has 4 heteroatoms. The second-order valence-corrected chi connectivity index (χ2v) is 3.20. The van der Waals surface area contributed by atoms with Gasteiger partial charge in [-0.1, -0.05) is 6.07 Å². The molecule has 0 saturated heterocycles. The van der Waals surface area contributed by atoms with Crippen LogP contribution in [0.3, 0.4) is 0 Å². The lowest BCUT2D eigenvalue weighted by molar-refractivity contribution is 0.0691. The van der Waals surface area contributed by atoms with Crippen molar-refractivity contribution in [1.82, 2.24) is 9.97 Å². The Bertz CT molecular complexity index is 462. The zero-order valence-electron chi connectivity index (χ0n) is 7.97. The first-order valence-electron chi connectivity index (χ1n) is 4.57. The van der Waals surface area contributed by atoms with E-state index >= 15 is 0 Å². The predicted molar refractivity (Wildman–Crippen MR) is 54.8 cm³/mol. The number of pyridine rings is 1. The standard InChI is InChI=1S/C11H10N2O2/c14-11(15)10-5-4-9(13-10)7-8-3-1-2-6-12-8/h1-6,13H,7H2,(H,14,15). The van der Waals surface area contributed by atoms with E-state index in [1.54, 1.807) is 18.3 Å². The van der Waals surface area contributed by atoms with Crippen molar-refractivity contribution in [2.45, 2.75) is 6.42 Å². The molecule has 0 aromatic carbocycles. The summed E-state index contributed by atoms with van der Waals surface area (Å²) in [6.45, 7) is 0. The van der Waals surface area contributed by atoms with Gasteiger partial charge in [0.2, 0.25) is 0 Å². The van der Waals surface area contributed by atoms with Crippen molar-refractivity contribution in [1.29, 1.82) is 0 Å². The first-order chi connectivity index (χ1) is 7.25. The monoisotopic (exact) mass is 202 g/mol. The molecule has 0 amide bonds. The van der Waals surface area contributed by atoms with Crippen LogP contribution in [0, 0.1) is 0 Å². The molecule has 76 valence electrons. The Morgan fingerprint density at radius 2 is 2.20 bits per heavy atom. The third-order valence-electron chi connectivity index (χ3n) is 2.07. The van der Waals surface area contributed by atoms with Crippen molar-refractivity contribution < 1.29 is 9.90 Å². The van der Waals surface area contributed by atoms with Gasteiger partial charge in [-0.25, -0.2) is 4.79 Å². The Kier molecular flexibility index (Phi) is 2.49. The van der Waals surface area contributed by atoms with Crippen molar-refractivity contribution in [2.75, 3.05) is 0 Å². The fourth-order valence-corrected chi connectivity index (χ4v) is 1.37. The Morgan fingerprint density at radius 3 is 2.80 bits per heavy atom. The first-order valence-corrected chi connectivity index (χ1v) is 4.57. The molecule has 2 N–H and O–H groups in total. The summed E-state index contributed by atoms with van der Waals surface area (Å²) >= 11 is 0. The Labute approximate surface area is 86.6 Å². The molecule has 0 saturated carbocycles. The van der Waals surface area contributed by atoms with Crippen LogP contribution < -0.4 is 0 Å². The van der Waals surface area contributed by atoms with E-state index in [0.29, 0.717) is 6.42 Å². The molecule has 0 unspecified atom stereocenters. The van der Waals surface area contributed by atoms with Gasteiger partial charge in [-0.3, -0.25) is 4.98 Å². The maximum atomic E-state index is 10.6. The highest BCUT2D eigenvalue weighted by Gasteiger charge is 2.05. The second kappa shape index (κ2) is 3.96. The number of nitrogens with one attached hydrogen (secondary N) is 1. The topological polar surface area (TPSA) is 66.0 Å². The molecular formula is C11H10N2O2. The van der Waals surface area contributed by atoms with Crippen LogP contribution in [-0.2, 0) is 6.42 Å². The highest BCUT2D eigenvalue weighted by Crippen LogP contribution is 2.07. The number of H-pyrrole nitrogens is 1. The number of aromatic nitrogens is 2. The summed E-state index contributed by atoms with van der Waals surface area (Å²) in [7, 11) is 0. The van der Waals surface area contributed by atoms with Crippen LogP contribution in [0.4, 0.5) is 0 Å². The molecule has 0 bridgehead atoms. The van der Waals surface area contributed by atoms with Gasteiger partial charge in [0.25, 0.3) is 0 Å². The lowest BCUT2D eigenvalue weighted by atomic mass is 10.2. The van der Waals surface area contributed by atoms with Crippen LogP contribution in [0.5, 0.6) is 0 Å². The predicted octanol–water partition coefficient (Wildman–Crippen LogP) is 1.70. The SMILES string of the molecule is O=C(O)c1ccc(Cc2ccccn2)[nH]1. The minimum absolute atomic E-state index is 0.209. The maximum absolute atomic E-state index is 10.6. The Hall–Kier alpha value is -2.10. The van der Waals surface area contributed by atoms with E-state index in [1.807, 2.05) is 18.2 Å². The average molecular weight is 202 g/mol. The fourth-order valence-electron chi connectivity index (χ4n) is 1.37. The van der Waals surface area contributed by atoms with Gasteiger partial charge in [0, 0.05) is 24.0 Å². The highest BCUT2D eigenvalue weighted by atomic mass is 16.4. The zero-order chi connectivity index (χ0) is 10.7. The summed E-state index contributed by atoms with van der Waals surface area (Å²) in [5, 5.41) is 8.72. The van der Waals surface area contributed by atoms with Crippen LogP contribution >= 0.6 is 0 Å². The molecule has 0 aliphatic heterocycles. The van der Waals surface area contributed by atoms with E-state index in [9.17, 15) is 4.79 Å². The third-order valence-corrected chi connectivity index (χ3v) is 2.07. The molecule has 4 nitrogen and oxygen atoms in total. The number of hydrogen-bond acceptors (Lipinski definition) is 2. The second-order valence-electron chi connectivity index (χ2n) is 3.20. The number of hydrogen-bond donors (Lipinski definition) is 2. The summed E-state index contributed by atoms with van der Waals surface area (Å²) in [6.07, 6.45) is 2.34. The van der Waals surface area contributed by atoms with Crippen LogP contribution in [0.15, 0.2) is 36.5 Å². The Morgan fingerprint density at radius 1 is 1.33 bits per heavy atom. The van der Waals surface area contributed by atoms with Crippen molar-refractivity contribution in [3.8, 4) is 0 Å². The lowest BCUT2D eigenvalue weighted by Crippen LogP contribution is -1.97. The van der Waals surface area contributed by atoms with E-state index in [0.717, 1.165) is 11.4 Å². The van der Waals surface area contributed by atoms with Crippen LogP contribution in [0.2, 0.25) is 0 Å². The van der Waals surface area contributed by atoms with Gasteiger partial charge in [0.1, 0.15) is 5.69 Å². The first kappa shape index (κ1) is 9.45. The Balaban J connectivity index is 2.15. The third kappa shape index (κ3) is 2.22. The summed E-state index contributed by atoms with van der Waals surface area (Å²) in [4.78, 5) is 17.6. The smallest absolute Gasteiger partial charge is 0.352 e. The van der Waals surface area contributed by atoms with Crippen molar-refractivity contribution in [3.63, 3.8) is 0 Å². The molecule has 0 aliphatic rings. The van der Waals surface area contributed by atoms with E-state index in [1.165, 1.54) is 0 Å². The number of aromatic amines is 1. The van der Waals surface area contributed by atoms with Crippen molar-refractivity contribution in [2.24, 2.45) is 0 Å². The van der Waals surface area contributed by atoms with Crippen LogP contribution in [-0.4, -0.2) is 21.0 Å². The fraction of sp³-hybridized carbons (Fsp3) is 0.0909. The van der Waals surface area contributed by atoms with Gasteiger partial charge >= 0.3 is 5.97 Å². The van der Waals surface area contributed by atoms with Crippen LogP contribution in [0.1, 0.15) is 21.9 Å². The van der Waals surface area contributed by atoms with E-state index in [2.05, 4.69) is 9.97 Å². The number of aromatic carboxylic acids is 1. The lowest BCUT2D eigenvalue weighted by Gasteiger charge is -1.96. The minimum Gasteiger partial charge on any atom is -0.477 e.